The quantitative estimate of drug-likeness (QED) is 0.204. The van der Waals surface area contributed by atoms with Crippen LogP contribution in [0.3, 0.4) is 0 Å². The maximum atomic E-state index is 12.7. The molecule has 1 heterocycles. The molecule has 0 radical (unpaired) electrons. The molecule has 3 aromatic carbocycles. The lowest BCUT2D eigenvalue weighted by molar-refractivity contribution is -0.385. The first-order chi connectivity index (χ1) is 17.2. The highest BCUT2D eigenvalue weighted by molar-refractivity contribution is 9.10. The maximum absolute atomic E-state index is 12.7. The number of nitro groups is 1. The van der Waals surface area contributed by atoms with Gasteiger partial charge in [-0.1, -0.05) is 46.3 Å². The highest BCUT2D eigenvalue weighted by atomic mass is 79.9. The Balaban J connectivity index is 1.68. The van der Waals surface area contributed by atoms with Gasteiger partial charge in [-0.2, -0.15) is 5.10 Å². The van der Waals surface area contributed by atoms with Crippen molar-refractivity contribution < 1.29 is 14.5 Å². The van der Waals surface area contributed by atoms with Gasteiger partial charge in [0.05, 0.1) is 22.0 Å². The number of H-pyrrole nitrogens is 1. The Morgan fingerprint density at radius 3 is 2.67 bits per heavy atom. The normalized spacial score (nSPS) is 11.1. The van der Waals surface area contributed by atoms with Crippen LogP contribution in [0.1, 0.15) is 11.1 Å². The average Bonchev–Trinajstić information content (AvgIpc) is 2.84. The standard InChI is InChI=1S/C24H18BrN5O6/c1-14-6-2-4-8-18(14)27-21(31)13-36-22-15(10-16(25)11-20(22)30(34)35)12-26-29-23(32)17-7-3-5-9-19(17)28-24(29)33/h2-12H,13H2,1H3,(H,27,31)(H,28,33). The van der Waals surface area contributed by atoms with E-state index in [2.05, 4.69) is 31.3 Å². The van der Waals surface area contributed by atoms with Gasteiger partial charge in [0.15, 0.2) is 6.61 Å². The third-order valence-corrected chi connectivity index (χ3v) is 5.58. The minimum atomic E-state index is -0.792. The number of hydrogen-bond donors (Lipinski definition) is 2. The third kappa shape index (κ3) is 5.23. The van der Waals surface area contributed by atoms with Crippen molar-refractivity contribution in [2.24, 2.45) is 5.10 Å². The second-order valence-electron chi connectivity index (χ2n) is 7.59. The number of para-hydroxylation sites is 2. The Bertz CT molecular complexity index is 1640. The number of amides is 1. The van der Waals surface area contributed by atoms with E-state index >= 15 is 0 Å². The van der Waals surface area contributed by atoms with Gasteiger partial charge in [0.2, 0.25) is 5.75 Å². The van der Waals surface area contributed by atoms with Crippen LogP contribution in [0.25, 0.3) is 10.9 Å². The van der Waals surface area contributed by atoms with Crippen LogP contribution in [0.2, 0.25) is 0 Å². The van der Waals surface area contributed by atoms with Crippen LogP contribution in [-0.2, 0) is 4.79 Å². The highest BCUT2D eigenvalue weighted by Gasteiger charge is 2.22. The summed E-state index contributed by atoms with van der Waals surface area (Å²) in [5.74, 6) is -0.788. The summed E-state index contributed by atoms with van der Waals surface area (Å²) in [6.07, 6.45) is 1.08. The van der Waals surface area contributed by atoms with Gasteiger partial charge in [-0.05, 0) is 36.8 Å². The summed E-state index contributed by atoms with van der Waals surface area (Å²) >= 11 is 3.20. The number of benzene rings is 3. The lowest BCUT2D eigenvalue weighted by Crippen LogP contribution is -2.32. The summed E-state index contributed by atoms with van der Waals surface area (Å²) < 4.78 is 6.47. The maximum Gasteiger partial charge on any atom is 0.349 e. The molecular weight excluding hydrogens is 534 g/mol. The van der Waals surface area contributed by atoms with Crippen molar-refractivity contribution in [3.05, 3.63) is 107 Å². The molecule has 4 rings (SSSR count). The number of nitro benzene ring substituents is 1. The van der Waals surface area contributed by atoms with Crippen LogP contribution in [0, 0.1) is 17.0 Å². The summed E-state index contributed by atoms with van der Waals surface area (Å²) in [6, 6.07) is 16.2. The number of nitrogens with zero attached hydrogens (tertiary/aromatic N) is 3. The average molecular weight is 552 g/mol. The third-order valence-electron chi connectivity index (χ3n) is 5.12. The van der Waals surface area contributed by atoms with Gasteiger partial charge in [0.1, 0.15) is 0 Å². The number of halogens is 1. The number of aromatic amines is 1. The SMILES string of the molecule is Cc1ccccc1NC(=O)COc1c(C=Nn2c(=O)[nH]c3ccccc3c2=O)cc(Br)cc1[N+](=O)[O-]. The molecule has 0 aliphatic heterocycles. The van der Waals surface area contributed by atoms with Crippen LogP contribution < -0.4 is 21.3 Å². The van der Waals surface area contributed by atoms with Gasteiger partial charge in [-0.3, -0.25) is 19.7 Å². The molecule has 0 aliphatic rings. The van der Waals surface area contributed by atoms with Crippen LogP contribution in [0.15, 0.2) is 79.8 Å². The van der Waals surface area contributed by atoms with E-state index in [0.717, 1.165) is 11.8 Å². The minimum Gasteiger partial charge on any atom is -0.476 e. The van der Waals surface area contributed by atoms with Gasteiger partial charge < -0.3 is 15.0 Å². The van der Waals surface area contributed by atoms with E-state index in [1.807, 2.05) is 19.1 Å². The smallest absolute Gasteiger partial charge is 0.349 e. The molecule has 1 aromatic heterocycles. The van der Waals surface area contributed by atoms with Gasteiger partial charge in [-0.15, -0.1) is 4.68 Å². The predicted molar refractivity (Wildman–Crippen MR) is 138 cm³/mol. The first-order valence-corrected chi connectivity index (χ1v) is 11.3. The van der Waals surface area contributed by atoms with Crippen molar-refractivity contribution in [1.82, 2.24) is 9.66 Å². The van der Waals surface area contributed by atoms with Crippen molar-refractivity contribution >= 4 is 50.3 Å². The molecule has 0 fully saturated rings. The molecule has 0 saturated heterocycles. The van der Waals surface area contributed by atoms with Crippen LogP contribution >= 0.6 is 15.9 Å². The first kappa shape index (κ1) is 24.5. The van der Waals surface area contributed by atoms with Gasteiger partial charge in [0.25, 0.3) is 11.5 Å². The number of rotatable bonds is 7. The van der Waals surface area contributed by atoms with E-state index in [1.165, 1.54) is 18.2 Å². The molecule has 11 nitrogen and oxygen atoms in total. The number of carbonyl (C=O) groups excluding carboxylic acids is 1. The molecular formula is C24H18BrN5O6. The fraction of sp³-hybridized carbons (Fsp3) is 0.0833. The van der Waals surface area contributed by atoms with Gasteiger partial charge >= 0.3 is 11.4 Å². The topological polar surface area (TPSA) is 149 Å². The largest absolute Gasteiger partial charge is 0.476 e. The zero-order valence-corrected chi connectivity index (χ0v) is 20.3. The van der Waals surface area contributed by atoms with Crippen molar-refractivity contribution in [1.29, 1.82) is 0 Å². The lowest BCUT2D eigenvalue weighted by atomic mass is 10.2. The van der Waals surface area contributed by atoms with Crippen molar-refractivity contribution in [3.8, 4) is 5.75 Å². The second kappa shape index (κ2) is 10.4. The highest BCUT2D eigenvalue weighted by Crippen LogP contribution is 2.34. The molecule has 0 spiro atoms. The monoisotopic (exact) mass is 551 g/mol. The molecule has 0 aliphatic carbocycles. The number of anilines is 1. The van der Waals surface area contributed by atoms with E-state index < -0.39 is 34.4 Å². The zero-order valence-electron chi connectivity index (χ0n) is 18.7. The Labute approximate surface area is 211 Å². The predicted octanol–water partition coefficient (Wildman–Crippen LogP) is 3.57. The number of hydrogen-bond acceptors (Lipinski definition) is 7. The van der Waals surface area contributed by atoms with Gasteiger partial charge in [0, 0.05) is 21.8 Å². The number of ether oxygens (including phenoxy) is 1. The molecule has 182 valence electrons. The fourth-order valence-corrected chi connectivity index (χ4v) is 3.87. The molecule has 0 atom stereocenters. The molecule has 4 aromatic rings. The Hall–Kier alpha value is -4.58. The van der Waals surface area contributed by atoms with E-state index in [9.17, 15) is 24.5 Å². The molecule has 1 amide bonds. The summed E-state index contributed by atoms with van der Waals surface area (Å²) in [5.41, 5.74) is -0.0728. The first-order valence-electron chi connectivity index (χ1n) is 10.5. The second-order valence-corrected chi connectivity index (χ2v) is 8.51. The van der Waals surface area contributed by atoms with Crippen molar-refractivity contribution in [3.63, 3.8) is 0 Å². The summed E-state index contributed by atoms with van der Waals surface area (Å²) in [4.78, 5) is 51.2. The number of aromatic nitrogens is 2. The molecule has 2 N–H and O–H groups in total. The lowest BCUT2D eigenvalue weighted by Gasteiger charge is -2.12. The van der Waals surface area contributed by atoms with E-state index in [4.69, 9.17) is 4.74 Å². The number of carbonyl (C=O) groups is 1. The van der Waals surface area contributed by atoms with Gasteiger partial charge in [-0.25, -0.2) is 4.79 Å². The Kier molecular flexibility index (Phi) is 7.06. The minimum absolute atomic E-state index is 0.0687. The molecule has 0 unspecified atom stereocenters. The Morgan fingerprint density at radius 2 is 1.92 bits per heavy atom. The van der Waals surface area contributed by atoms with E-state index in [1.54, 1.807) is 30.3 Å². The molecule has 12 heteroatoms. The fourth-order valence-electron chi connectivity index (χ4n) is 3.40. The van der Waals surface area contributed by atoms with Crippen molar-refractivity contribution in [2.75, 3.05) is 11.9 Å². The van der Waals surface area contributed by atoms with Crippen LogP contribution in [-0.4, -0.2) is 33.3 Å². The van der Waals surface area contributed by atoms with Crippen molar-refractivity contribution in [2.45, 2.75) is 6.92 Å². The molecule has 0 bridgehead atoms. The van der Waals surface area contributed by atoms with E-state index in [-0.39, 0.29) is 16.7 Å². The Morgan fingerprint density at radius 1 is 1.19 bits per heavy atom. The number of nitrogens with one attached hydrogen (secondary N) is 2. The molecule has 0 saturated carbocycles. The number of aryl methyl sites for hydroxylation is 1. The van der Waals surface area contributed by atoms with Crippen LogP contribution in [0.4, 0.5) is 11.4 Å². The summed E-state index contributed by atoms with van der Waals surface area (Å²) in [7, 11) is 0. The molecule has 36 heavy (non-hydrogen) atoms. The zero-order chi connectivity index (χ0) is 25.8. The van der Waals surface area contributed by atoms with E-state index in [0.29, 0.717) is 20.4 Å². The van der Waals surface area contributed by atoms with Crippen LogP contribution in [0.5, 0.6) is 5.75 Å². The summed E-state index contributed by atoms with van der Waals surface area (Å²) in [5, 5.41) is 18.5. The number of fused-ring (bicyclic) bond motifs is 1. The summed E-state index contributed by atoms with van der Waals surface area (Å²) in [6.45, 7) is 1.29.